The molecule has 1 fully saturated rings. The Morgan fingerprint density at radius 2 is 2.33 bits per heavy atom. The molecule has 4 heteroatoms. The first kappa shape index (κ1) is 12.2. The second-order valence-corrected chi connectivity index (χ2v) is 3.93. The Morgan fingerprint density at radius 1 is 1.60 bits per heavy atom. The minimum atomic E-state index is 0.00219. The molecule has 1 rings (SSSR count). The van der Waals surface area contributed by atoms with Crippen LogP contribution in [0.5, 0.6) is 0 Å². The van der Waals surface area contributed by atoms with Gasteiger partial charge in [0.1, 0.15) is 0 Å². The van der Waals surface area contributed by atoms with Crippen LogP contribution in [0.4, 0.5) is 0 Å². The van der Waals surface area contributed by atoms with Gasteiger partial charge in [-0.25, -0.2) is 0 Å². The fourth-order valence-corrected chi connectivity index (χ4v) is 1.41. The third-order valence-electron chi connectivity index (χ3n) is 2.48. The highest BCUT2D eigenvalue weighted by atomic mass is 16.3. The average Bonchev–Trinajstić information content (AvgIpc) is 3.01. The third kappa shape index (κ3) is 4.95. The van der Waals surface area contributed by atoms with Gasteiger partial charge in [0.15, 0.2) is 0 Å². The molecule has 1 amide bonds. The summed E-state index contributed by atoms with van der Waals surface area (Å²) in [6.07, 6.45) is 4.25. The normalized spacial score (nSPS) is 15.0. The van der Waals surface area contributed by atoms with E-state index in [2.05, 4.69) is 11.9 Å². The molecule has 1 saturated carbocycles. The first-order valence-electron chi connectivity index (χ1n) is 5.48. The Labute approximate surface area is 91.0 Å². The zero-order valence-electron chi connectivity index (χ0n) is 9.11. The monoisotopic (exact) mass is 212 g/mol. The van der Waals surface area contributed by atoms with Crippen LogP contribution in [0.25, 0.3) is 0 Å². The maximum absolute atomic E-state index is 11.6. The first-order chi connectivity index (χ1) is 7.27. The number of carbonyl (C=O) groups excluding carboxylic acids is 1. The number of nitrogens with one attached hydrogen (secondary N) is 1. The van der Waals surface area contributed by atoms with E-state index in [9.17, 15) is 4.79 Å². The van der Waals surface area contributed by atoms with Gasteiger partial charge in [0.2, 0.25) is 5.91 Å². The minimum Gasteiger partial charge on any atom is -0.395 e. The lowest BCUT2D eigenvalue weighted by atomic mass is 10.4. The summed E-state index contributed by atoms with van der Waals surface area (Å²) in [5.41, 5.74) is 0. The van der Waals surface area contributed by atoms with Crippen LogP contribution in [0.1, 0.15) is 12.8 Å². The molecule has 0 aromatic carbocycles. The van der Waals surface area contributed by atoms with Crippen LogP contribution in [0, 0.1) is 5.92 Å². The molecule has 0 spiro atoms. The largest absolute Gasteiger partial charge is 0.395 e. The third-order valence-corrected chi connectivity index (χ3v) is 2.48. The summed E-state index contributed by atoms with van der Waals surface area (Å²) in [5.74, 6) is 0.813. The van der Waals surface area contributed by atoms with Crippen molar-refractivity contribution in [3.8, 4) is 0 Å². The molecule has 2 N–H and O–H groups in total. The van der Waals surface area contributed by atoms with Gasteiger partial charge in [-0.3, -0.25) is 4.79 Å². The molecule has 1 aliphatic carbocycles. The highest BCUT2D eigenvalue weighted by Gasteiger charge is 2.21. The molecule has 15 heavy (non-hydrogen) atoms. The van der Waals surface area contributed by atoms with Crippen molar-refractivity contribution < 1.29 is 9.90 Å². The van der Waals surface area contributed by atoms with E-state index in [1.807, 2.05) is 0 Å². The van der Waals surface area contributed by atoms with Crippen LogP contribution < -0.4 is 5.32 Å². The molecule has 0 aromatic heterocycles. The molecule has 0 aliphatic heterocycles. The van der Waals surface area contributed by atoms with E-state index in [1.54, 1.807) is 11.0 Å². The molecule has 4 nitrogen and oxygen atoms in total. The van der Waals surface area contributed by atoms with E-state index in [4.69, 9.17) is 5.11 Å². The van der Waals surface area contributed by atoms with E-state index in [0.29, 0.717) is 19.6 Å². The lowest BCUT2D eigenvalue weighted by Gasteiger charge is -2.20. The summed E-state index contributed by atoms with van der Waals surface area (Å²) < 4.78 is 0. The molecule has 0 atom stereocenters. The van der Waals surface area contributed by atoms with Gasteiger partial charge >= 0.3 is 0 Å². The smallest absolute Gasteiger partial charge is 0.236 e. The Kier molecular flexibility index (Phi) is 5.36. The van der Waals surface area contributed by atoms with Crippen LogP contribution >= 0.6 is 0 Å². The molecule has 86 valence electrons. The van der Waals surface area contributed by atoms with Crippen molar-refractivity contribution in [3.63, 3.8) is 0 Å². The molecule has 0 radical (unpaired) electrons. The highest BCUT2D eigenvalue weighted by Crippen LogP contribution is 2.27. The summed E-state index contributed by atoms with van der Waals surface area (Å²) in [7, 11) is 0. The van der Waals surface area contributed by atoms with E-state index >= 15 is 0 Å². The van der Waals surface area contributed by atoms with E-state index in [-0.39, 0.29) is 12.5 Å². The summed E-state index contributed by atoms with van der Waals surface area (Å²) in [5, 5.41) is 11.9. The van der Waals surface area contributed by atoms with Crippen molar-refractivity contribution in [3.05, 3.63) is 12.7 Å². The molecule has 0 unspecified atom stereocenters. The molecule has 0 saturated heterocycles. The average molecular weight is 212 g/mol. The molecule has 0 bridgehead atoms. The van der Waals surface area contributed by atoms with Crippen LogP contribution in [0.2, 0.25) is 0 Å². The van der Waals surface area contributed by atoms with E-state index < -0.39 is 0 Å². The van der Waals surface area contributed by atoms with Crippen molar-refractivity contribution in [1.82, 2.24) is 10.2 Å². The Bertz CT molecular complexity index is 215. The molecular weight excluding hydrogens is 192 g/mol. The second-order valence-electron chi connectivity index (χ2n) is 3.93. The summed E-state index contributed by atoms with van der Waals surface area (Å²) in [6.45, 7) is 5.78. The number of aliphatic hydroxyl groups excluding tert-OH is 1. The molecule has 0 aromatic rings. The minimum absolute atomic E-state index is 0.00219. The summed E-state index contributed by atoms with van der Waals surface area (Å²) in [6, 6.07) is 0. The Morgan fingerprint density at radius 3 is 2.87 bits per heavy atom. The predicted molar refractivity (Wildman–Crippen MR) is 59.5 cm³/mol. The molecule has 1 aliphatic rings. The zero-order chi connectivity index (χ0) is 11.1. The van der Waals surface area contributed by atoms with Crippen LogP contribution in [0.3, 0.4) is 0 Å². The van der Waals surface area contributed by atoms with Gasteiger partial charge in [-0.05, 0) is 25.3 Å². The van der Waals surface area contributed by atoms with Gasteiger partial charge in [0.05, 0.1) is 13.2 Å². The topological polar surface area (TPSA) is 52.6 Å². The summed E-state index contributed by atoms with van der Waals surface area (Å²) in [4.78, 5) is 13.2. The fourth-order valence-electron chi connectivity index (χ4n) is 1.41. The number of amides is 1. The lowest BCUT2D eigenvalue weighted by Crippen LogP contribution is -2.40. The second kappa shape index (κ2) is 6.58. The van der Waals surface area contributed by atoms with Crippen LogP contribution in [0.15, 0.2) is 12.7 Å². The van der Waals surface area contributed by atoms with Crippen molar-refractivity contribution in [2.45, 2.75) is 12.8 Å². The zero-order valence-corrected chi connectivity index (χ0v) is 9.11. The van der Waals surface area contributed by atoms with Crippen molar-refractivity contribution in [2.24, 2.45) is 5.92 Å². The van der Waals surface area contributed by atoms with Crippen molar-refractivity contribution in [2.75, 3.05) is 32.8 Å². The first-order valence-corrected chi connectivity index (χ1v) is 5.48. The van der Waals surface area contributed by atoms with Gasteiger partial charge < -0.3 is 15.3 Å². The quantitative estimate of drug-likeness (QED) is 0.557. The molecular formula is C11H20N2O2. The van der Waals surface area contributed by atoms with Crippen LogP contribution in [-0.2, 0) is 4.79 Å². The SMILES string of the molecule is C=CCN(CCO)C(=O)CNCC1CC1. The lowest BCUT2D eigenvalue weighted by molar-refractivity contribution is -0.130. The predicted octanol–water partition coefficient (Wildman–Crippen LogP) is -0.00710. The number of aliphatic hydroxyl groups is 1. The van der Waals surface area contributed by atoms with Gasteiger partial charge in [-0.1, -0.05) is 6.08 Å². The maximum atomic E-state index is 11.6. The van der Waals surface area contributed by atoms with Crippen LogP contribution in [-0.4, -0.2) is 48.7 Å². The maximum Gasteiger partial charge on any atom is 0.236 e. The van der Waals surface area contributed by atoms with Gasteiger partial charge in [0.25, 0.3) is 0 Å². The van der Waals surface area contributed by atoms with Gasteiger partial charge in [-0.15, -0.1) is 6.58 Å². The van der Waals surface area contributed by atoms with Crippen molar-refractivity contribution in [1.29, 1.82) is 0 Å². The number of rotatable bonds is 8. The molecule has 0 heterocycles. The van der Waals surface area contributed by atoms with Gasteiger partial charge in [0, 0.05) is 13.1 Å². The summed E-state index contributed by atoms with van der Waals surface area (Å²) >= 11 is 0. The van der Waals surface area contributed by atoms with Gasteiger partial charge in [-0.2, -0.15) is 0 Å². The number of carbonyl (C=O) groups is 1. The van der Waals surface area contributed by atoms with Crippen molar-refractivity contribution >= 4 is 5.91 Å². The number of hydrogen-bond donors (Lipinski definition) is 2. The number of nitrogens with zero attached hydrogens (tertiary/aromatic N) is 1. The highest BCUT2D eigenvalue weighted by molar-refractivity contribution is 5.78. The Balaban J connectivity index is 2.17. The standard InChI is InChI=1S/C11H20N2O2/c1-2-5-13(6-7-14)11(15)9-12-8-10-3-4-10/h2,10,12,14H,1,3-9H2. The fraction of sp³-hybridized carbons (Fsp3) is 0.727. The van der Waals surface area contributed by atoms with E-state index in [0.717, 1.165) is 12.5 Å². The Hall–Kier alpha value is -0.870. The number of hydrogen-bond acceptors (Lipinski definition) is 3. The van der Waals surface area contributed by atoms with E-state index in [1.165, 1.54) is 12.8 Å².